The number of hydrogen-bond acceptors (Lipinski definition) is 3. The van der Waals surface area contributed by atoms with E-state index in [4.69, 9.17) is 0 Å². The van der Waals surface area contributed by atoms with Crippen LogP contribution in [0.2, 0.25) is 0 Å². The summed E-state index contributed by atoms with van der Waals surface area (Å²) in [4.78, 5) is 6.70. The molecule has 3 nitrogen and oxygen atoms in total. The Morgan fingerprint density at radius 1 is 1.11 bits per heavy atom. The van der Waals surface area contributed by atoms with Crippen LogP contribution in [0, 0.1) is 0 Å². The molecular formula is C16H23N3. The number of hydrogen-bond donors (Lipinski definition) is 1. The van der Waals surface area contributed by atoms with Crippen molar-refractivity contribution < 1.29 is 0 Å². The molecule has 1 aromatic carbocycles. The molecule has 0 spiro atoms. The van der Waals surface area contributed by atoms with Crippen LogP contribution < -0.4 is 5.32 Å². The highest BCUT2D eigenvalue weighted by Crippen LogP contribution is 2.15. The second-order valence-corrected chi connectivity index (χ2v) is 5.15. The Labute approximate surface area is 115 Å². The standard InChI is InChI=1S/C16H23N3/c1-19(2)13-5-10-17-12-9-15-7-3-6-14-8-4-11-18-16(14)15/h3-4,6-8,11,17H,5,9-10,12-13H2,1-2H3. The van der Waals surface area contributed by atoms with Crippen LogP contribution in [0.1, 0.15) is 12.0 Å². The van der Waals surface area contributed by atoms with Gasteiger partial charge in [0.25, 0.3) is 0 Å². The van der Waals surface area contributed by atoms with E-state index in [0.29, 0.717) is 0 Å². The third kappa shape index (κ3) is 4.30. The molecule has 0 bridgehead atoms. The maximum Gasteiger partial charge on any atom is 0.0734 e. The van der Waals surface area contributed by atoms with Crippen molar-refractivity contribution in [3.63, 3.8) is 0 Å². The number of nitrogens with zero attached hydrogens (tertiary/aromatic N) is 2. The number of para-hydroxylation sites is 1. The van der Waals surface area contributed by atoms with Gasteiger partial charge < -0.3 is 10.2 Å². The molecule has 0 unspecified atom stereocenters. The van der Waals surface area contributed by atoms with E-state index in [1.54, 1.807) is 0 Å². The van der Waals surface area contributed by atoms with E-state index < -0.39 is 0 Å². The molecule has 1 aromatic heterocycles. The van der Waals surface area contributed by atoms with E-state index in [9.17, 15) is 0 Å². The van der Waals surface area contributed by atoms with Crippen molar-refractivity contribution >= 4 is 10.9 Å². The van der Waals surface area contributed by atoms with E-state index in [0.717, 1.165) is 31.6 Å². The number of nitrogens with one attached hydrogen (secondary N) is 1. The minimum Gasteiger partial charge on any atom is -0.316 e. The molecule has 2 aromatic rings. The van der Waals surface area contributed by atoms with Crippen LogP contribution in [0.4, 0.5) is 0 Å². The Kier molecular flexibility index (Phi) is 5.31. The van der Waals surface area contributed by atoms with Gasteiger partial charge in [-0.15, -0.1) is 0 Å². The molecule has 0 radical (unpaired) electrons. The Hall–Kier alpha value is -1.45. The van der Waals surface area contributed by atoms with Crippen LogP contribution in [-0.2, 0) is 6.42 Å². The average molecular weight is 257 g/mol. The van der Waals surface area contributed by atoms with Crippen molar-refractivity contribution in [1.82, 2.24) is 15.2 Å². The molecule has 1 heterocycles. The maximum atomic E-state index is 4.48. The first-order chi connectivity index (χ1) is 9.27. The second kappa shape index (κ2) is 7.22. The largest absolute Gasteiger partial charge is 0.316 e. The first-order valence-electron chi connectivity index (χ1n) is 6.95. The van der Waals surface area contributed by atoms with Crippen LogP contribution in [0.15, 0.2) is 36.5 Å². The maximum absolute atomic E-state index is 4.48. The van der Waals surface area contributed by atoms with Gasteiger partial charge in [-0.05, 0) is 58.2 Å². The number of rotatable bonds is 7. The van der Waals surface area contributed by atoms with Crippen LogP contribution in [0.5, 0.6) is 0 Å². The summed E-state index contributed by atoms with van der Waals surface area (Å²) < 4.78 is 0. The molecule has 0 fully saturated rings. The summed E-state index contributed by atoms with van der Waals surface area (Å²) in [5, 5.41) is 4.73. The zero-order valence-corrected chi connectivity index (χ0v) is 11.9. The average Bonchev–Trinajstić information content (AvgIpc) is 2.42. The van der Waals surface area contributed by atoms with E-state index in [1.165, 1.54) is 17.4 Å². The van der Waals surface area contributed by atoms with Gasteiger partial charge in [0.15, 0.2) is 0 Å². The first kappa shape index (κ1) is 14.0. The van der Waals surface area contributed by atoms with Crippen LogP contribution in [0.3, 0.4) is 0 Å². The molecule has 0 saturated carbocycles. The van der Waals surface area contributed by atoms with E-state index in [2.05, 4.69) is 53.6 Å². The third-order valence-corrected chi connectivity index (χ3v) is 3.25. The van der Waals surface area contributed by atoms with E-state index in [-0.39, 0.29) is 0 Å². The topological polar surface area (TPSA) is 28.2 Å². The van der Waals surface area contributed by atoms with E-state index in [1.807, 2.05) is 12.3 Å². The van der Waals surface area contributed by atoms with Gasteiger partial charge in [0.1, 0.15) is 0 Å². The van der Waals surface area contributed by atoms with Gasteiger partial charge in [0.2, 0.25) is 0 Å². The Balaban J connectivity index is 1.82. The summed E-state index contributed by atoms with van der Waals surface area (Å²) in [5.41, 5.74) is 2.47. The number of benzene rings is 1. The summed E-state index contributed by atoms with van der Waals surface area (Å²) in [6, 6.07) is 10.5. The van der Waals surface area contributed by atoms with Crippen molar-refractivity contribution in [3.8, 4) is 0 Å². The summed E-state index contributed by atoms with van der Waals surface area (Å²) in [6.07, 6.45) is 4.10. The zero-order chi connectivity index (χ0) is 13.5. The van der Waals surface area contributed by atoms with Gasteiger partial charge in [-0.3, -0.25) is 4.98 Å². The summed E-state index contributed by atoms with van der Waals surface area (Å²) in [7, 11) is 4.23. The molecule has 0 amide bonds. The minimum atomic E-state index is 1.02. The zero-order valence-electron chi connectivity index (χ0n) is 11.9. The van der Waals surface area contributed by atoms with Crippen LogP contribution in [-0.4, -0.2) is 43.6 Å². The van der Waals surface area contributed by atoms with Crippen molar-refractivity contribution in [3.05, 3.63) is 42.1 Å². The normalized spacial score (nSPS) is 11.3. The van der Waals surface area contributed by atoms with Gasteiger partial charge in [-0.1, -0.05) is 24.3 Å². The van der Waals surface area contributed by atoms with Crippen molar-refractivity contribution in [2.24, 2.45) is 0 Å². The lowest BCUT2D eigenvalue weighted by atomic mass is 10.1. The lowest BCUT2D eigenvalue weighted by molar-refractivity contribution is 0.395. The van der Waals surface area contributed by atoms with Gasteiger partial charge >= 0.3 is 0 Å². The number of fused-ring (bicyclic) bond motifs is 1. The fourth-order valence-electron chi connectivity index (χ4n) is 2.24. The van der Waals surface area contributed by atoms with Gasteiger partial charge in [-0.25, -0.2) is 0 Å². The number of pyridine rings is 1. The summed E-state index contributed by atoms with van der Waals surface area (Å²) in [6.45, 7) is 3.24. The van der Waals surface area contributed by atoms with Crippen LogP contribution in [0.25, 0.3) is 10.9 Å². The highest BCUT2D eigenvalue weighted by atomic mass is 15.0. The smallest absolute Gasteiger partial charge is 0.0734 e. The molecule has 0 aliphatic carbocycles. The van der Waals surface area contributed by atoms with Crippen molar-refractivity contribution in [2.75, 3.05) is 33.7 Å². The van der Waals surface area contributed by atoms with Gasteiger partial charge in [0.05, 0.1) is 5.52 Å². The Morgan fingerprint density at radius 3 is 2.79 bits per heavy atom. The summed E-state index contributed by atoms with van der Waals surface area (Å²) in [5.74, 6) is 0. The van der Waals surface area contributed by atoms with E-state index >= 15 is 0 Å². The molecule has 0 saturated heterocycles. The first-order valence-corrected chi connectivity index (χ1v) is 6.95. The Bertz CT molecular complexity index is 503. The van der Waals surface area contributed by atoms with Crippen molar-refractivity contribution in [1.29, 1.82) is 0 Å². The van der Waals surface area contributed by atoms with Gasteiger partial charge in [0, 0.05) is 11.6 Å². The fourth-order valence-corrected chi connectivity index (χ4v) is 2.24. The number of aromatic nitrogens is 1. The quantitative estimate of drug-likeness (QED) is 0.772. The lowest BCUT2D eigenvalue weighted by Gasteiger charge is -2.10. The molecule has 19 heavy (non-hydrogen) atoms. The Morgan fingerprint density at radius 2 is 1.95 bits per heavy atom. The molecule has 0 aliphatic heterocycles. The highest BCUT2D eigenvalue weighted by molar-refractivity contribution is 5.81. The van der Waals surface area contributed by atoms with Crippen LogP contribution >= 0.6 is 0 Å². The molecule has 102 valence electrons. The highest BCUT2D eigenvalue weighted by Gasteiger charge is 2.01. The monoisotopic (exact) mass is 257 g/mol. The summed E-state index contributed by atoms with van der Waals surface area (Å²) >= 11 is 0. The molecule has 1 N–H and O–H groups in total. The minimum absolute atomic E-state index is 1.02. The molecule has 2 rings (SSSR count). The van der Waals surface area contributed by atoms with Crippen molar-refractivity contribution in [2.45, 2.75) is 12.8 Å². The third-order valence-electron chi connectivity index (χ3n) is 3.25. The molecule has 0 aliphatic rings. The molecule has 3 heteroatoms. The second-order valence-electron chi connectivity index (χ2n) is 5.15. The predicted molar refractivity (Wildman–Crippen MR) is 81.5 cm³/mol. The predicted octanol–water partition coefficient (Wildman–Crippen LogP) is 2.32. The molecular weight excluding hydrogens is 234 g/mol. The lowest BCUT2D eigenvalue weighted by Crippen LogP contribution is -2.23. The SMILES string of the molecule is CN(C)CCCNCCc1cccc2cccnc12. The van der Waals surface area contributed by atoms with Gasteiger partial charge in [-0.2, -0.15) is 0 Å². The molecule has 0 atom stereocenters. The fraction of sp³-hybridized carbons (Fsp3) is 0.438.